The van der Waals surface area contributed by atoms with Gasteiger partial charge in [-0.1, -0.05) is 23.7 Å². The highest BCUT2D eigenvalue weighted by Crippen LogP contribution is 2.29. The number of aromatic nitrogens is 1. The molecule has 28 heavy (non-hydrogen) atoms. The van der Waals surface area contributed by atoms with Crippen LogP contribution in [0.15, 0.2) is 72.0 Å². The van der Waals surface area contributed by atoms with Crippen LogP contribution >= 0.6 is 11.6 Å². The van der Waals surface area contributed by atoms with Crippen molar-refractivity contribution in [3.63, 3.8) is 0 Å². The molecular formula is C19H13ClN4O4. The average molecular weight is 397 g/mol. The van der Waals surface area contributed by atoms with Crippen molar-refractivity contribution in [3.8, 4) is 11.6 Å². The molecule has 1 amide bonds. The first kappa shape index (κ1) is 19.0. The minimum atomic E-state index is -0.534. The van der Waals surface area contributed by atoms with Gasteiger partial charge in [0.2, 0.25) is 5.88 Å². The van der Waals surface area contributed by atoms with E-state index in [1.165, 1.54) is 42.7 Å². The minimum Gasteiger partial charge on any atom is -0.437 e. The number of ether oxygens (including phenoxy) is 1. The zero-order chi connectivity index (χ0) is 19.9. The van der Waals surface area contributed by atoms with Gasteiger partial charge >= 0.3 is 0 Å². The van der Waals surface area contributed by atoms with Gasteiger partial charge in [0, 0.05) is 18.3 Å². The third kappa shape index (κ3) is 4.68. The number of nitrogens with one attached hydrogen (secondary N) is 1. The van der Waals surface area contributed by atoms with Gasteiger partial charge in [-0.15, -0.1) is 0 Å². The molecular weight excluding hydrogens is 384 g/mol. The summed E-state index contributed by atoms with van der Waals surface area (Å²) in [6, 6.07) is 15.7. The molecule has 0 saturated carbocycles. The summed E-state index contributed by atoms with van der Waals surface area (Å²) in [7, 11) is 0. The number of non-ortho nitro benzene ring substituents is 1. The lowest BCUT2D eigenvalue weighted by Gasteiger charge is -2.09. The Morgan fingerprint density at radius 1 is 1.14 bits per heavy atom. The van der Waals surface area contributed by atoms with Gasteiger partial charge in [0.25, 0.3) is 11.6 Å². The van der Waals surface area contributed by atoms with E-state index in [1.807, 2.05) is 0 Å². The molecule has 8 nitrogen and oxygen atoms in total. The lowest BCUT2D eigenvalue weighted by atomic mass is 10.2. The maximum atomic E-state index is 12.4. The third-order valence-electron chi connectivity index (χ3n) is 3.54. The Morgan fingerprint density at radius 2 is 1.89 bits per heavy atom. The average Bonchev–Trinajstić information content (AvgIpc) is 2.70. The Labute approximate surface area is 164 Å². The van der Waals surface area contributed by atoms with E-state index in [9.17, 15) is 14.9 Å². The number of nitro groups is 1. The first-order valence-electron chi connectivity index (χ1n) is 8.00. The standard InChI is InChI=1S/C19H13ClN4O4/c20-16-5-1-2-6-17(16)28-19-15(4-3-11-21-19)18(25)23-22-12-13-7-9-14(10-8-13)24(26)27/h1-12H,(H,23,25)/b22-12+. The normalized spacial score (nSPS) is 10.6. The van der Waals surface area contributed by atoms with Gasteiger partial charge in [0.1, 0.15) is 11.3 Å². The molecule has 0 aliphatic heterocycles. The van der Waals surface area contributed by atoms with Gasteiger partial charge in [-0.05, 0) is 42.0 Å². The predicted octanol–water partition coefficient (Wildman–Crippen LogP) is 4.20. The van der Waals surface area contributed by atoms with Gasteiger partial charge in [-0.25, -0.2) is 10.4 Å². The summed E-state index contributed by atoms with van der Waals surface area (Å²) in [5.41, 5.74) is 3.10. The van der Waals surface area contributed by atoms with Gasteiger partial charge in [-0.3, -0.25) is 14.9 Å². The first-order chi connectivity index (χ1) is 13.5. The number of nitro benzene ring substituents is 1. The molecule has 0 fully saturated rings. The molecule has 0 unspecified atom stereocenters. The molecule has 0 bridgehead atoms. The summed E-state index contributed by atoms with van der Waals surface area (Å²) >= 11 is 6.07. The van der Waals surface area contributed by atoms with Gasteiger partial charge in [0.05, 0.1) is 16.2 Å². The van der Waals surface area contributed by atoms with Crippen LogP contribution in [0, 0.1) is 10.1 Å². The molecule has 140 valence electrons. The van der Waals surface area contributed by atoms with Crippen LogP contribution in [0.3, 0.4) is 0 Å². The zero-order valence-electron chi connectivity index (χ0n) is 14.3. The number of carbonyl (C=O) groups is 1. The summed E-state index contributed by atoms with van der Waals surface area (Å²) in [4.78, 5) is 26.6. The molecule has 0 aliphatic carbocycles. The molecule has 1 heterocycles. The molecule has 1 N–H and O–H groups in total. The van der Waals surface area contributed by atoms with E-state index >= 15 is 0 Å². The Bertz CT molecular complexity index is 1040. The van der Waals surface area contributed by atoms with Crippen molar-refractivity contribution in [1.29, 1.82) is 0 Å². The highest BCUT2D eigenvalue weighted by Gasteiger charge is 2.14. The van der Waals surface area contributed by atoms with Crippen LogP contribution in [-0.4, -0.2) is 22.0 Å². The molecule has 0 spiro atoms. The number of rotatable bonds is 6. The fraction of sp³-hybridized carbons (Fsp3) is 0. The van der Waals surface area contributed by atoms with Crippen LogP contribution in [0.25, 0.3) is 0 Å². The van der Waals surface area contributed by atoms with Crippen LogP contribution in [0.4, 0.5) is 5.69 Å². The smallest absolute Gasteiger partial charge is 0.276 e. The molecule has 0 atom stereocenters. The van der Waals surface area contributed by atoms with Gasteiger partial charge < -0.3 is 4.74 Å². The van der Waals surface area contributed by atoms with E-state index < -0.39 is 10.8 Å². The fourth-order valence-corrected chi connectivity index (χ4v) is 2.36. The van der Waals surface area contributed by atoms with E-state index in [4.69, 9.17) is 16.3 Å². The quantitative estimate of drug-likeness (QED) is 0.381. The van der Waals surface area contributed by atoms with E-state index in [2.05, 4.69) is 15.5 Å². The maximum absolute atomic E-state index is 12.4. The molecule has 0 saturated heterocycles. The minimum absolute atomic E-state index is 0.0297. The summed E-state index contributed by atoms with van der Waals surface area (Å²) < 4.78 is 5.64. The van der Waals surface area contributed by atoms with Gasteiger partial charge in [-0.2, -0.15) is 5.10 Å². The summed E-state index contributed by atoms with van der Waals surface area (Å²) in [6.07, 6.45) is 2.86. The second-order valence-corrected chi connectivity index (χ2v) is 5.84. The number of hydrogen-bond acceptors (Lipinski definition) is 6. The predicted molar refractivity (Wildman–Crippen MR) is 104 cm³/mol. The lowest BCUT2D eigenvalue weighted by molar-refractivity contribution is -0.384. The van der Waals surface area contributed by atoms with E-state index in [0.29, 0.717) is 16.3 Å². The van der Waals surface area contributed by atoms with Crippen molar-refractivity contribution in [2.45, 2.75) is 0 Å². The number of hydrogen-bond donors (Lipinski definition) is 1. The monoisotopic (exact) mass is 396 g/mol. The van der Waals surface area contributed by atoms with E-state index in [0.717, 1.165) is 0 Å². The topological polar surface area (TPSA) is 107 Å². The number of carbonyl (C=O) groups excluding carboxylic acids is 1. The van der Waals surface area contributed by atoms with Crippen molar-refractivity contribution in [1.82, 2.24) is 10.4 Å². The number of nitrogens with zero attached hydrogens (tertiary/aromatic N) is 3. The number of para-hydroxylation sites is 1. The second-order valence-electron chi connectivity index (χ2n) is 5.44. The number of pyridine rings is 1. The molecule has 3 aromatic rings. The van der Waals surface area contributed by atoms with E-state index in [1.54, 1.807) is 30.3 Å². The Balaban J connectivity index is 1.71. The molecule has 0 radical (unpaired) electrons. The van der Waals surface area contributed by atoms with Crippen molar-refractivity contribution in [3.05, 3.63) is 93.1 Å². The SMILES string of the molecule is O=C(N/N=C/c1ccc([N+](=O)[O-])cc1)c1cccnc1Oc1ccccc1Cl. The molecule has 3 rings (SSSR count). The van der Waals surface area contributed by atoms with E-state index in [-0.39, 0.29) is 17.1 Å². The number of benzene rings is 2. The molecule has 1 aromatic heterocycles. The van der Waals surface area contributed by atoms with Crippen LogP contribution in [0.2, 0.25) is 5.02 Å². The highest BCUT2D eigenvalue weighted by atomic mass is 35.5. The third-order valence-corrected chi connectivity index (χ3v) is 3.85. The fourth-order valence-electron chi connectivity index (χ4n) is 2.18. The summed E-state index contributed by atoms with van der Waals surface area (Å²) in [5.74, 6) is -0.0850. The van der Waals surface area contributed by atoms with Crippen LogP contribution in [0.1, 0.15) is 15.9 Å². The summed E-state index contributed by atoms with van der Waals surface area (Å²) in [5, 5.41) is 14.9. The van der Waals surface area contributed by atoms with Crippen LogP contribution < -0.4 is 10.2 Å². The largest absolute Gasteiger partial charge is 0.437 e. The first-order valence-corrected chi connectivity index (χ1v) is 8.37. The zero-order valence-corrected chi connectivity index (χ0v) is 15.0. The van der Waals surface area contributed by atoms with Crippen molar-refractivity contribution in [2.75, 3.05) is 0 Å². The number of amides is 1. The summed E-state index contributed by atoms with van der Waals surface area (Å²) in [6.45, 7) is 0. The molecule has 9 heteroatoms. The Kier molecular flexibility index (Phi) is 5.93. The van der Waals surface area contributed by atoms with Crippen LogP contribution in [0.5, 0.6) is 11.6 Å². The lowest BCUT2D eigenvalue weighted by Crippen LogP contribution is -2.18. The molecule has 2 aromatic carbocycles. The Morgan fingerprint density at radius 3 is 2.61 bits per heavy atom. The van der Waals surface area contributed by atoms with Crippen molar-refractivity contribution in [2.24, 2.45) is 5.10 Å². The number of halogens is 1. The van der Waals surface area contributed by atoms with Crippen molar-refractivity contribution < 1.29 is 14.5 Å². The maximum Gasteiger partial charge on any atom is 0.276 e. The Hall–Kier alpha value is -3.78. The van der Waals surface area contributed by atoms with Crippen LogP contribution in [-0.2, 0) is 0 Å². The van der Waals surface area contributed by atoms with Gasteiger partial charge in [0.15, 0.2) is 0 Å². The molecule has 0 aliphatic rings. The van der Waals surface area contributed by atoms with Crippen molar-refractivity contribution >= 4 is 29.4 Å². The highest BCUT2D eigenvalue weighted by molar-refractivity contribution is 6.32. The number of hydrazone groups is 1. The second kappa shape index (κ2) is 8.74.